The molecule has 1 fully saturated rings. The van der Waals surface area contributed by atoms with Crippen molar-refractivity contribution < 1.29 is 4.79 Å². The number of nitrogens with one attached hydrogen (secondary N) is 1. The number of carbonyl (C=O) groups is 1. The number of hydrogen-bond donors (Lipinski definition) is 1. The molecule has 84 valence electrons. The number of likely N-dealkylation sites (N-methyl/N-ethyl adjacent to an activating group) is 1. The van der Waals surface area contributed by atoms with Crippen LogP contribution in [0.4, 0.5) is 0 Å². The average Bonchev–Trinajstić information content (AvgIpc) is 2.17. The minimum absolute atomic E-state index is 0.162. The number of likely N-dealkylation sites (tertiary alicyclic amines) is 1. The Hall–Kier alpha value is -1.08. The fourth-order valence-corrected chi connectivity index (χ4v) is 1.70. The number of hydrogen-bond acceptors (Lipinski definition) is 3. The molecule has 0 saturated carbocycles. The summed E-state index contributed by atoms with van der Waals surface area (Å²) in [6, 6.07) is 2.21. The second-order valence-corrected chi connectivity index (χ2v) is 4.81. The number of nitrogens with zero attached hydrogens (tertiary/aromatic N) is 2. The van der Waals surface area contributed by atoms with Gasteiger partial charge in [-0.3, -0.25) is 4.79 Å². The molecular formula is C11H19N3O. The van der Waals surface area contributed by atoms with Gasteiger partial charge in [-0.15, -0.1) is 0 Å². The van der Waals surface area contributed by atoms with Crippen molar-refractivity contribution in [2.24, 2.45) is 5.41 Å². The van der Waals surface area contributed by atoms with Crippen LogP contribution in [-0.4, -0.2) is 37.0 Å². The highest BCUT2D eigenvalue weighted by Crippen LogP contribution is 2.15. The number of carbonyl (C=O) groups excluding carboxylic acids is 1. The number of piperidine rings is 1. The van der Waals surface area contributed by atoms with E-state index in [-0.39, 0.29) is 11.9 Å². The SMILES string of the molecule is CN1CCCC(NC(=O)C(C)(C)C#N)C1. The van der Waals surface area contributed by atoms with E-state index in [0.717, 1.165) is 25.9 Å². The molecule has 0 aliphatic carbocycles. The molecule has 1 amide bonds. The van der Waals surface area contributed by atoms with Gasteiger partial charge >= 0.3 is 0 Å². The van der Waals surface area contributed by atoms with Crippen molar-refractivity contribution in [3.05, 3.63) is 0 Å². The predicted octanol–water partition coefficient (Wildman–Crippen LogP) is 0.747. The smallest absolute Gasteiger partial charge is 0.240 e. The fraction of sp³-hybridized carbons (Fsp3) is 0.818. The summed E-state index contributed by atoms with van der Waals surface area (Å²) >= 11 is 0. The van der Waals surface area contributed by atoms with E-state index in [1.165, 1.54) is 0 Å². The third kappa shape index (κ3) is 3.21. The van der Waals surface area contributed by atoms with Crippen molar-refractivity contribution in [2.45, 2.75) is 32.7 Å². The first-order valence-corrected chi connectivity index (χ1v) is 5.36. The Morgan fingerprint density at radius 3 is 2.80 bits per heavy atom. The molecule has 0 aromatic heterocycles. The van der Waals surface area contributed by atoms with Gasteiger partial charge in [-0.05, 0) is 40.3 Å². The zero-order valence-corrected chi connectivity index (χ0v) is 9.71. The quantitative estimate of drug-likeness (QED) is 0.730. The highest BCUT2D eigenvalue weighted by atomic mass is 16.2. The number of rotatable bonds is 2. The van der Waals surface area contributed by atoms with Gasteiger partial charge in [0.25, 0.3) is 0 Å². The van der Waals surface area contributed by atoms with Crippen LogP contribution in [0.3, 0.4) is 0 Å². The predicted molar refractivity (Wildman–Crippen MR) is 58.1 cm³/mol. The van der Waals surface area contributed by atoms with E-state index in [1.54, 1.807) is 13.8 Å². The van der Waals surface area contributed by atoms with Gasteiger partial charge in [0.15, 0.2) is 0 Å². The molecule has 1 rings (SSSR count). The Labute approximate surface area is 91.2 Å². The van der Waals surface area contributed by atoms with Crippen LogP contribution in [0.2, 0.25) is 0 Å². The molecule has 0 aromatic rings. The summed E-state index contributed by atoms with van der Waals surface area (Å²) in [5.74, 6) is -0.162. The van der Waals surface area contributed by atoms with E-state index in [9.17, 15) is 4.79 Å². The molecule has 1 unspecified atom stereocenters. The molecule has 0 bridgehead atoms. The van der Waals surface area contributed by atoms with E-state index in [0.29, 0.717) is 0 Å². The van der Waals surface area contributed by atoms with Crippen LogP contribution in [0.5, 0.6) is 0 Å². The van der Waals surface area contributed by atoms with Crippen molar-refractivity contribution in [3.8, 4) is 6.07 Å². The molecule has 0 aromatic carbocycles. The van der Waals surface area contributed by atoms with Crippen molar-refractivity contribution in [3.63, 3.8) is 0 Å². The zero-order valence-electron chi connectivity index (χ0n) is 9.71. The second kappa shape index (κ2) is 4.63. The summed E-state index contributed by atoms with van der Waals surface area (Å²) in [5.41, 5.74) is -0.921. The first-order valence-electron chi connectivity index (χ1n) is 5.36. The summed E-state index contributed by atoms with van der Waals surface area (Å²) in [5, 5.41) is 11.8. The summed E-state index contributed by atoms with van der Waals surface area (Å²) in [6.07, 6.45) is 2.12. The van der Waals surface area contributed by atoms with Gasteiger partial charge in [-0.1, -0.05) is 0 Å². The van der Waals surface area contributed by atoms with Gasteiger partial charge in [0.1, 0.15) is 5.41 Å². The first-order chi connectivity index (χ1) is 6.95. The Balaban J connectivity index is 2.48. The molecule has 1 heterocycles. The van der Waals surface area contributed by atoms with E-state index in [4.69, 9.17) is 5.26 Å². The maximum absolute atomic E-state index is 11.7. The average molecular weight is 209 g/mol. The fourth-order valence-electron chi connectivity index (χ4n) is 1.70. The van der Waals surface area contributed by atoms with Gasteiger partial charge in [-0.25, -0.2) is 0 Å². The van der Waals surface area contributed by atoms with Crippen LogP contribution >= 0.6 is 0 Å². The first kappa shape index (κ1) is 12.0. The lowest BCUT2D eigenvalue weighted by atomic mass is 9.93. The van der Waals surface area contributed by atoms with Crippen LogP contribution in [0.1, 0.15) is 26.7 Å². The minimum atomic E-state index is -0.921. The van der Waals surface area contributed by atoms with E-state index in [1.807, 2.05) is 13.1 Å². The van der Waals surface area contributed by atoms with Crippen molar-refractivity contribution >= 4 is 5.91 Å². The minimum Gasteiger partial charge on any atom is -0.351 e. The van der Waals surface area contributed by atoms with Gasteiger partial charge in [0.2, 0.25) is 5.91 Å². The molecule has 1 saturated heterocycles. The maximum atomic E-state index is 11.7. The largest absolute Gasteiger partial charge is 0.351 e. The van der Waals surface area contributed by atoms with E-state index >= 15 is 0 Å². The van der Waals surface area contributed by atoms with E-state index < -0.39 is 5.41 Å². The molecule has 0 radical (unpaired) electrons. The Kier molecular flexibility index (Phi) is 3.70. The van der Waals surface area contributed by atoms with Crippen molar-refractivity contribution in [1.82, 2.24) is 10.2 Å². The molecule has 1 aliphatic heterocycles. The Morgan fingerprint density at radius 2 is 2.27 bits per heavy atom. The summed E-state index contributed by atoms with van der Waals surface area (Å²) in [4.78, 5) is 13.9. The van der Waals surface area contributed by atoms with Gasteiger partial charge in [-0.2, -0.15) is 5.26 Å². The molecule has 15 heavy (non-hydrogen) atoms. The summed E-state index contributed by atoms with van der Waals surface area (Å²) < 4.78 is 0. The zero-order chi connectivity index (χ0) is 11.5. The molecule has 4 nitrogen and oxygen atoms in total. The lowest BCUT2D eigenvalue weighted by Gasteiger charge is -2.31. The van der Waals surface area contributed by atoms with Crippen molar-refractivity contribution in [2.75, 3.05) is 20.1 Å². The maximum Gasteiger partial charge on any atom is 0.240 e. The van der Waals surface area contributed by atoms with Crippen LogP contribution in [-0.2, 0) is 4.79 Å². The number of nitriles is 1. The van der Waals surface area contributed by atoms with Crippen molar-refractivity contribution in [1.29, 1.82) is 5.26 Å². The highest BCUT2D eigenvalue weighted by molar-refractivity contribution is 5.84. The molecule has 1 atom stereocenters. The standard InChI is InChI=1S/C11H19N3O/c1-11(2,8-12)10(15)13-9-5-4-6-14(3)7-9/h9H,4-7H2,1-3H3,(H,13,15). The third-order valence-electron chi connectivity index (χ3n) is 2.81. The lowest BCUT2D eigenvalue weighted by Crippen LogP contribution is -2.49. The topological polar surface area (TPSA) is 56.1 Å². The second-order valence-electron chi connectivity index (χ2n) is 4.81. The Bertz CT molecular complexity index is 280. The van der Waals surface area contributed by atoms with Gasteiger partial charge in [0, 0.05) is 12.6 Å². The van der Waals surface area contributed by atoms with Crippen LogP contribution in [0, 0.1) is 16.7 Å². The highest BCUT2D eigenvalue weighted by Gasteiger charge is 2.30. The molecule has 4 heteroatoms. The van der Waals surface area contributed by atoms with Crippen LogP contribution < -0.4 is 5.32 Å². The molecule has 1 N–H and O–H groups in total. The van der Waals surface area contributed by atoms with Gasteiger partial charge in [0.05, 0.1) is 6.07 Å². The molecule has 1 aliphatic rings. The molecular weight excluding hydrogens is 190 g/mol. The van der Waals surface area contributed by atoms with Crippen LogP contribution in [0.15, 0.2) is 0 Å². The monoisotopic (exact) mass is 209 g/mol. The van der Waals surface area contributed by atoms with Gasteiger partial charge < -0.3 is 10.2 Å². The molecule has 0 spiro atoms. The summed E-state index contributed by atoms with van der Waals surface area (Å²) in [7, 11) is 2.05. The normalized spacial score (nSPS) is 23.2. The Morgan fingerprint density at radius 1 is 1.60 bits per heavy atom. The lowest BCUT2D eigenvalue weighted by molar-refractivity contribution is -0.127. The third-order valence-corrected chi connectivity index (χ3v) is 2.81. The number of amides is 1. The summed E-state index contributed by atoms with van der Waals surface area (Å²) in [6.45, 7) is 5.27. The van der Waals surface area contributed by atoms with E-state index in [2.05, 4.69) is 10.2 Å². The van der Waals surface area contributed by atoms with Crippen LogP contribution in [0.25, 0.3) is 0 Å².